The molecule has 0 amide bonds. The van der Waals surface area contributed by atoms with Crippen molar-refractivity contribution in [3.63, 3.8) is 0 Å². The largest absolute Gasteiger partial charge is 0.497 e. The zero-order chi connectivity index (χ0) is 29.8. The lowest BCUT2D eigenvalue weighted by Gasteiger charge is -2.09. The Morgan fingerprint density at radius 1 is 1.00 bits per heavy atom. The quantitative estimate of drug-likeness (QED) is 0.164. The van der Waals surface area contributed by atoms with Crippen LogP contribution in [0, 0.1) is 0 Å². The van der Waals surface area contributed by atoms with Crippen molar-refractivity contribution in [1.29, 1.82) is 0 Å². The van der Waals surface area contributed by atoms with Gasteiger partial charge in [0, 0.05) is 17.3 Å². The number of hydrogen-bond acceptors (Lipinski definition) is 7. The first-order valence-corrected chi connectivity index (χ1v) is 15.0. The predicted octanol–water partition coefficient (Wildman–Crippen LogP) is 6.56. The van der Waals surface area contributed by atoms with E-state index in [4.69, 9.17) is 26.2 Å². The summed E-state index contributed by atoms with van der Waals surface area (Å²) in [6.07, 6.45) is 9.41. The lowest BCUT2D eigenvalue weighted by Crippen LogP contribution is -2.23. The summed E-state index contributed by atoms with van der Waals surface area (Å²) in [5.41, 5.74) is 3.89. The third-order valence-electron chi connectivity index (χ3n) is 6.75. The molecule has 0 atom stereocenters. The highest BCUT2D eigenvalue weighted by Crippen LogP contribution is 2.32. The summed E-state index contributed by atoms with van der Waals surface area (Å²) in [6, 6.07) is 23.1. The maximum Gasteiger partial charge on any atom is 0.291 e. The Morgan fingerprint density at radius 2 is 1.81 bits per heavy atom. The smallest absolute Gasteiger partial charge is 0.291 e. The molecule has 0 saturated carbocycles. The van der Waals surface area contributed by atoms with Crippen LogP contribution in [-0.4, -0.2) is 38.1 Å². The maximum absolute atomic E-state index is 13.4. The average molecular weight is 610 g/mol. The van der Waals surface area contributed by atoms with E-state index in [2.05, 4.69) is 17.0 Å². The number of aromatic nitrogens is 5. The minimum atomic E-state index is -0.243. The summed E-state index contributed by atoms with van der Waals surface area (Å²) >= 11 is 7.88. The number of para-hydroxylation sites is 1. The number of hydrogen-bond donors (Lipinski definition) is 0. The monoisotopic (exact) mass is 609 g/mol. The van der Waals surface area contributed by atoms with Crippen LogP contribution < -0.4 is 19.6 Å². The van der Waals surface area contributed by atoms with Gasteiger partial charge in [0.25, 0.3) is 5.56 Å². The number of unbranched alkanes of at least 4 members (excludes halogenated alkanes) is 1. The topological polar surface area (TPSA) is 83.5 Å². The van der Waals surface area contributed by atoms with Crippen LogP contribution in [0.2, 0.25) is 5.02 Å². The van der Waals surface area contributed by atoms with Crippen molar-refractivity contribution in [1.82, 2.24) is 24.4 Å². The van der Waals surface area contributed by atoms with E-state index in [1.807, 2.05) is 91.1 Å². The fourth-order valence-electron chi connectivity index (χ4n) is 4.47. The molecule has 3 aromatic carbocycles. The van der Waals surface area contributed by atoms with Crippen LogP contribution in [0.4, 0.5) is 0 Å². The fourth-order valence-corrected chi connectivity index (χ4v) is 5.61. The van der Waals surface area contributed by atoms with Crippen molar-refractivity contribution in [3.8, 4) is 28.4 Å². The number of benzene rings is 3. The molecule has 43 heavy (non-hydrogen) atoms. The summed E-state index contributed by atoms with van der Waals surface area (Å²) in [4.78, 5) is 18.4. The number of fused-ring (bicyclic) bond motifs is 1. The second-order valence-corrected chi connectivity index (χ2v) is 11.2. The van der Waals surface area contributed by atoms with Gasteiger partial charge >= 0.3 is 0 Å². The van der Waals surface area contributed by atoms with Crippen LogP contribution in [0.3, 0.4) is 0 Å². The molecule has 0 N–H and O–H groups in total. The standard InChI is InChI=1S/C33H28ClN5O3S/c1-3-4-18-42-28-16-13-23(19-27(28)34)31-24(21-38(37-31)25-8-6-5-7-9-25)20-29-32(40)39-33(43-29)35-30(36-39)17-12-22-10-14-26(41-2)15-11-22/h5-17,19-21H,3-4,18H2,1-2H3/b17-12+,29-20-. The molecule has 3 aromatic heterocycles. The van der Waals surface area contributed by atoms with Crippen molar-refractivity contribution in [2.24, 2.45) is 0 Å². The molecule has 10 heteroatoms. The first kappa shape index (κ1) is 28.4. The van der Waals surface area contributed by atoms with E-state index in [9.17, 15) is 4.79 Å². The lowest BCUT2D eigenvalue weighted by molar-refractivity contribution is 0.309. The Kier molecular flexibility index (Phi) is 8.35. The van der Waals surface area contributed by atoms with Crippen molar-refractivity contribution in [2.75, 3.05) is 13.7 Å². The first-order valence-electron chi connectivity index (χ1n) is 13.8. The van der Waals surface area contributed by atoms with E-state index in [1.165, 1.54) is 15.9 Å². The third-order valence-corrected chi connectivity index (χ3v) is 8.00. The van der Waals surface area contributed by atoms with Crippen LogP contribution in [-0.2, 0) is 0 Å². The molecule has 216 valence electrons. The molecule has 0 radical (unpaired) electrons. The summed E-state index contributed by atoms with van der Waals surface area (Å²) in [7, 11) is 1.63. The van der Waals surface area contributed by atoms with Crippen molar-refractivity contribution >= 4 is 46.1 Å². The van der Waals surface area contributed by atoms with Crippen molar-refractivity contribution in [2.45, 2.75) is 19.8 Å². The molecule has 6 rings (SSSR count). The Hall–Kier alpha value is -4.73. The molecule has 3 heterocycles. The van der Waals surface area contributed by atoms with Gasteiger partial charge in [-0.25, -0.2) is 4.68 Å². The number of halogens is 1. The van der Waals surface area contributed by atoms with Gasteiger partial charge in [0.15, 0.2) is 5.82 Å². The van der Waals surface area contributed by atoms with Gasteiger partial charge in [0.05, 0.1) is 29.0 Å². The molecule has 0 spiro atoms. The third kappa shape index (κ3) is 6.23. The van der Waals surface area contributed by atoms with Crippen molar-refractivity contribution < 1.29 is 9.47 Å². The number of methoxy groups -OCH3 is 1. The number of thiazole rings is 1. The average Bonchev–Trinajstić information content (AvgIpc) is 3.72. The van der Waals surface area contributed by atoms with Crippen LogP contribution >= 0.6 is 22.9 Å². The van der Waals surface area contributed by atoms with Crippen molar-refractivity contribution in [3.05, 3.63) is 116 Å². The summed E-state index contributed by atoms with van der Waals surface area (Å²) in [5, 5.41) is 9.81. The van der Waals surface area contributed by atoms with E-state index in [-0.39, 0.29) is 5.56 Å². The van der Waals surface area contributed by atoms with E-state index < -0.39 is 0 Å². The van der Waals surface area contributed by atoms with Gasteiger partial charge in [-0.05, 0) is 66.6 Å². The second kappa shape index (κ2) is 12.6. The van der Waals surface area contributed by atoms with Crippen LogP contribution in [0.25, 0.3) is 40.1 Å². The molecule has 0 aliphatic rings. The highest BCUT2D eigenvalue weighted by Gasteiger charge is 2.15. The molecule has 0 bridgehead atoms. The number of nitrogens with zero attached hydrogens (tertiary/aromatic N) is 5. The Bertz CT molecular complexity index is 2010. The van der Waals surface area contributed by atoms with Gasteiger partial charge in [-0.1, -0.05) is 72.7 Å². The summed E-state index contributed by atoms with van der Waals surface area (Å²) in [6.45, 7) is 2.72. The van der Waals surface area contributed by atoms with Gasteiger partial charge in [-0.15, -0.1) is 5.10 Å². The Labute approximate surface area is 257 Å². The Balaban J connectivity index is 1.36. The lowest BCUT2D eigenvalue weighted by atomic mass is 10.1. The van der Waals surface area contributed by atoms with Gasteiger partial charge < -0.3 is 9.47 Å². The van der Waals surface area contributed by atoms with Gasteiger partial charge in [-0.3, -0.25) is 4.79 Å². The van der Waals surface area contributed by atoms with E-state index in [0.717, 1.165) is 41.0 Å². The zero-order valence-electron chi connectivity index (χ0n) is 23.6. The Morgan fingerprint density at radius 3 is 2.53 bits per heavy atom. The highest BCUT2D eigenvalue weighted by molar-refractivity contribution is 7.15. The molecular formula is C33H28ClN5O3S. The zero-order valence-corrected chi connectivity index (χ0v) is 25.2. The molecule has 0 unspecified atom stereocenters. The summed E-state index contributed by atoms with van der Waals surface area (Å²) < 4.78 is 14.7. The SMILES string of the molecule is CCCCOc1ccc(-c2nn(-c3ccccc3)cc2/C=c2\sc3nc(/C=C/c4ccc(OC)cc4)nn3c2=O)cc1Cl. The molecule has 0 aliphatic heterocycles. The van der Waals surface area contributed by atoms with E-state index in [1.54, 1.807) is 17.9 Å². The predicted molar refractivity (Wildman–Crippen MR) is 172 cm³/mol. The molecule has 0 saturated heterocycles. The molecule has 0 aliphatic carbocycles. The van der Waals surface area contributed by atoms with Gasteiger partial charge in [-0.2, -0.15) is 14.6 Å². The minimum Gasteiger partial charge on any atom is -0.497 e. The number of rotatable bonds is 10. The molecule has 0 fully saturated rings. The normalized spacial score (nSPS) is 12.0. The summed E-state index contributed by atoms with van der Waals surface area (Å²) in [5.74, 6) is 1.88. The minimum absolute atomic E-state index is 0.243. The molecule has 6 aromatic rings. The first-order chi connectivity index (χ1) is 21.0. The maximum atomic E-state index is 13.4. The van der Waals surface area contributed by atoms with Gasteiger partial charge in [0.1, 0.15) is 17.2 Å². The van der Waals surface area contributed by atoms with Crippen LogP contribution in [0.1, 0.15) is 36.7 Å². The van der Waals surface area contributed by atoms with E-state index >= 15 is 0 Å². The number of ether oxygens (including phenoxy) is 2. The van der Waals surface area contributed by atoms with Crippen LogP contribution in [0.15, 0.2) is 83.8 Å². The van der Waals surface area contributed by atoms with E-state index in [0.29, 0.717) is 38.4 Å². The second-order valence-electron chi connectivity index (χ2n) is 9.75. The van der Waals surface area contributed by atoms with Gasteiger partial charge in [0.2, 0.25) is 4.96 Å². The molecular weight excluding hydrogens is 582 g/mol. The van der Waals surface area contributed by atoms with Crippen LogP contribution in [0.5, 0.6) is 11.5 Å². The molecule has 8 nitrogen and oxygen atoms in total. The fraction of sp³-hybridized carbons (Fsp3) is 0.152. The highest BCUT2D eigenvalue weighted by atomic mass is 35.5.